The molecular weight excluding hydrogens is 235 g/mol. The summed E-state index contributed by atoms with van der Waals surface area (Å²) in [6.45, 7) is 0.563. The van der Waals surface area contributed by atoms with Crippen LogP contribution in [0, 0.1) is 3.70 Å². The van der Waals surface area contributed by atoms with Crippen LogP contribution in [0.1, 0.15) is 5.01 Å². The molecule has 1 aromatic heterocycles. The molecule has 1 rings (SSSR count). The van der Waals surface area contributed by atoms with E-state index < -0.39 is 0 Å². The van der Waals surface area contributed by atoms with Gasteiger partial charge in [-0.05, 0) is 22.6 Å². The molecular formula is C4H5IN2S. The Bertz CT molecular complexity index is 174. The Labute approximate surface area is 65.3 Å². The Balaban J connectivity index is 2.84. The van der Waals surface area contributed by atoms with Crippen molar-refractivity contribution in [1.29, 1.82) is 0 Å². The fourth-order valence-corrected chi connectivity index (χ4v) is 1.75. The highest BCUT2D eigenvalue weighted by molar-refractivity contribution is 14.1. The Morgan fingerprint density at radius 2 is 2.62 bits per heavy atom. The normalized spacial score (nSPS) is 9.75. The lowest BCUT2D eigenvalue weighted by atomic mass is 10.7. The van der Waals surface area contributed by atoms with Crippen molar-refractivity contribution in [2.75, 3.05) is 0 Å². The van der Waals surface area contributed by atoms with Crippen molar-refractivity contribution in [3.05, 3.63) is 14.1 Å². The van der Waals surface area contributed by atoms with Crippen LogP contribution in [0.15, 0.2) is 5.38 Å². The predicted molar refractivity (Wildman–Crippen MR) is 42.7 cm³/mol. The second-order valence-electron chi connectivity index (χ2n) is 1.27. The van der Waals surface area contributed by atoms with Crippen molar-refractivity contribution >= 4 is 33.9 Å². The van der Waals surface area contributed by atoms with E-state index in [0.717, 1.165) is 8.71 Å². The minimum Gasteiger partial charge on any atom is -0.325 e. The lowest BCUT2D eigenvalue weighted by Crippen LogP contribution is -1.94. The summed E-state index contributed by atoms with van der Waals surface area (Å²) in [5.41, 5.74) is 5.31. The molecule has 4 heteroatoms. The molecule has 0 spiro atoms. The van der Waals surface area contributed by atoms with Crippen LogP contribution in [0.25, 0.3) is 0 Å². The monoisotopic (exact) mass is 240 g/mol. The van der Waals surface area contributed by atoms with Gasteiger partial charge in [0.2, 0.25) is 0 Å². The molecule has 0 amide bonds. The van der Waals surface area contributed by atoms with E-state index in [9.17, 15) is 0 Å². The molecule has 0 aliphatic heterocycles. The third kappa shape index (κ3) is 1.40. The first-order chi connectivity index (χ1) is 3.83. The van der Waals surface area contributed by atoms with Gasteiger partial charge in [-0.15, -0.1) is 11.3 Å². The number of rotatable bonds is 1. The molecule has 1 heterocycles. The van der Waals surface area contributed by atoms with Crippen LogP contribution in [0.4, 0.5) is 0 Å². The van der Waals surface area contributed by atoms with E-state index in [1.165, 1.54) is 0 Å². The first-order valence-electron chi connectivity index (χ1n) is 2.13. The highest BCUT2D eigenvalue weighted by Crippen LogP contribution is 2.09. The molecule has 0 aliphatic rings. The summed E-state index contributed by atoms with van der Waals surface area (Å²) in [7, 11) is 0. The smallest absolute Gasteiger partial charge is 0.112 e. The molecule has 2 N–H and O–H groups in total. The molecule has 0 radical (unpaired) electrons. The zero-order valence-corrected chi connectivity index (χ0v) is 7.07. The second kappa shape index (κ2) is 2.75. The number of hydrogen-bond acceptors (Lipinski definition) is 3. The van der Waals surface area contributed by atoms with Gasteiger partial charge in [0.1, 0.15) is 8.71 Å². The fourth-order valence-electron chi connectivity index (χ4n) is 0.382. The largest absolute Gasteiger partial charge is 0.325 e. The SMILES string of the molecule is NCc1nc(I)cs1. The average Bonchev–Trinajstić information content (AvgIpc) is 2.14. The Morgan fingerprint density at radius 1 is 1.88 bits per heavy atom. The Kier molecular flexibility index (Phi) is 2.21. The maximum atomic E-state index is 5.31. The van der Waals surface area contributed by atoms with Gasteiger partial charge in [-0.2, -0.15) is 0 Å². The van der Waals surface area contributed by atoms with Crippen LogP contribution in [-0.2, 0) is 6.54 Å². The number of thiazole rings is 1. The lowest BCUT2D eigenvalue weighted by Gasteiger charge is -1.79. The van der Waals surface area contributed by atoms with Gasteiger partial charge in [0.25, 0.3) is 0 Å². The van der Waals surface area contributed by atoms with Crippen molar-refractivity contribution in [1.82, 2.24) is 4.98 Å². The molecule has 0 saturated heterocycles. The molecule has 1 aromatic rings. The molecule has 0 unspecified atom stereocenters. The van der Waals surface area contributed by atoms with Gasteiger partial charge in [-0.25, -0.2) is 4.98 Å². The van der Waals surface area contributed by atoms with Crippen molar-refractivity contribution in [2.24, 2.45) is 5.73 Å². The molecule has 2 nitrogen and oxygen atoms in total. The van der Waals surface area contributed by atoms with Crippen LogP contribution in [-0.4, -0.2) is 4.98 Å². The van der Waals surface area contributed by atoms with Gasteiger partial charge in [0.15, 0.2) is 0 Å². The van der Waals surface area contributed by atoms with E-state index in [1.807, 2.05) is 5.38 Å². The van der Waals surface area contributed by atoms with Gasteiger partial charge < -0.3 is 5.73 Å². The molecule has 0 aromatic carbocycles. The summed E-state index contributed by atoms with van der Waals surface area (Å²) in [6, 6.07) is 0. The van der Waals surface area contributed by atoms with Crippen LogP contribution >= 0.6 is 33.9 Å². The molecule has 0 atom stereocenters. The number of nitrogens with zero attached hydrogens (tertiary/aromatic N) is 1. The van der Waals surface area contributed by atoms with Gasteiger partial charge in [-0.1, -0.05) is 0 Å². The second-order valence-corrected chi connectivity index (χ2v) is 3.32. The molecule has 44 valence electrons. The molecule has 8 heavy (non-hydrogen) atoms. The third-order valence-corrected chi connectivity index (χ3v) is 2.54. The topological polar surface area (TPSA) is 38.9 Å². The number of hydrogen-bond donors (Lipinski definition) is 1. The first-order valence-corrected chi connectivity index (χ1v) is 4.08. The Hall–Kier alpha value is 0.320. The van der Waals surface area contributed by atoms with Crippen molar-refractivity contribution in [3.8, 4) is 0 Å². The van der Waals surface area contributed by atoms with Crippen LogP contribution < -0.4 is 5.73 Å². The molecule has 0 aliphatic carbocycles. The summed E-state index contributed by atoms with van der Waals surface area (Å²) in [4.78, 5) is 4.11. The maximum Gasteiger partial charge on any atom is 0.112 e. The van der Waals surface area contributed by atoms with E-state index >= 15 is 0 Å². The van der Waals surface area contributed by atoms with Crippen LogP contribution in [0.3, 0.4) is 0 Å². The van der Waals surface area contributed by atoms with E-state index in [1.54, 1.807) is 11.3 Å². The van der Waals surface area contributed by atoms with Crippen LogP contribution in [0.5, 0.6) is 0 Å². The number of aromatic nitrogens is 1. The van der Waals surface area contributed by atoms with Gasteiger partial charge >= 0.3 is 0 Å². The van der Waals surface area contributed by atoms with E-state index in [-0.39, 0.29) is 0 Å². The highest BCUT2D eigenvalue weighted by atomic mass is 127. The quantitative estimate of drug-likeness (QED) is 0.749. The van der Waals surface area contributed by atoms with Gasteiger partial charge in [0.05, 0.1) is 0 Å². The minimum atomic E-state index is 0.563. The molecule has 0 bridgehead atoms. The highest BCUT2D eigenvalue weighted by Gasteiger charge is 1.92. The van der Waals surface area contributed by atoms with Crippen LogP contribution in [0.2, 0.25) is 0 Å². The summed E-state index contributed by atoms with van der Waals surface area (Å²) in [5, 5.41) is 3.00. The summed E-state index contributed by atoms with van der Waals surface area (Å²) in [6.07, 6.45) is 0. The zero-order chi connectivity index (χ0) is 5.98. The zero-order valence-electron chi connectivity index (χ0n) is 4.10. The predicted octanol–water partition coefficient (Wildman–Crippen LogP) is 1.21. The van der Waals surface area contributed by atoms with Gasteiger partial charge in [0, 0.05) is 11.9 Å². The summed E-state index contributed by atoms with van der Waals surface area (Å²) >= 11 is 3.77. The van der Waals surface area contributed by atoms with Crippen molar-refractivity contribution < 1.29 is 0 Å². The molecule has 0 saturated carbocycles. The van der Waals surface area contributed by atoms with Crippen molar-refractivity contribution in [2.45, 2.75) is 6.54 Å². The number of halogens is 1. The fraction of sp³-hybridized carbons (Fsp3) is 0.250. The van der Waals surface area contributed by atoms with Crippen molar-refractivity contribution in [3.63, 3.8) is 0 Å². The van der Waals surface area contributed by atoms with E-state index in [0.29, 0.717) is 6.54 Å². The Morgan fingerprint density at radius 3 is 2.88 bits per heavy atom. The number of nitrogens with two attached hydrogens (primary N) is 1. The molecule has 0 fully saturated rings. The average molecular weight is 240 g/mol. The summed E-state index contributed by atoms with van der Waals surface area (Å²) < 4.78 is 1.04. The third-order valence-electron chi connectivity index (χ3n) is 0.698. The lowest BCUT2D eigenvalue weighted by molar-refractivity contribution is 1.03. The van der Waals surface area contributed by atoms with Gasteiger partial charge in [-0.3, -0.25) is 0 Å². The maximum absolute atomic E-state index is 5.31. The summed E-state index contributed by atoms with van der Waals surface area (Å²) in [5.74, 6) is 0. The standard InChI is InChI=1S/C4H5IN2S/c5-3-2-8-4(1-6)7-3/h2H,1,6H2. The minimum absolute atomic E-state index is 0.563. The first kappa shape index (κ1) is 6.44. The van der Waals surface area contributed by atoms with E-state index in [4.69, 9.17) is 5.73 Å². The van der Waals surface area contributed by atoms with E-state index in [2.05, 4.69) is 27.6 Å².